The van der Waals surface area contributed by atoms with Gasteiger partial charge in [-0.15, -0.1) is 0 Å². The number of benzene rings is 6. The molecule has 0 fully saturated rings. The first-order valence-corrected chi connectivity index (χ1v) is 13.3. The van der Waals surface area contributed by atoms with Crippen LogP contribution >= 0.6 is 0 Å². The summed E-state index contributed by atoms with van der Waals surface area (Å²) in [6, 6.07) is 28.4. The molecular formula is C35H22O9. The standard InChI is InChI=1S/C35H22O9/c36-25-8-1-20(2-9-25)33(39)42-28-15-16-30-24(18-28)17-23-7-14-29(43-34(40)21-3-10-26(37)11-4-21)19-31(23)32(30)44-35(41)22-5-12-27(38)13-6-22/h1-19,36-38H. The minimum Gasteiger partial charge on any atom is -0.508 e. The van der Waals surface area contributed by atoms with E-state index in [1.165, 1.54) is 72.8 Å². The fraction of sp³-hybridized carbons (Fsp3) is 0. The summed E-state index contributed by atoms with van der Waals surface area (Å²) in [7, 11) is 0. The Morgan fingerprint density at radius 3 is 1.34 bits per heavy atom. The predicted molar refractivity (Wildman–Crippen MR) is 161 cm³/mol. The van der Waals surface area contributed by atoms with E-state index in [4.69, 9.17) is 14.2 Å². The number of ether oxygens (including phenoxy) is 3. The maximum absolute atomic E-state index is 13.2. The van der Waals surface area contributed by atoms with Crippen LogP contribution in [0.3, 0.4) is 0 Å². The molecule has 0 heterocycles. The highest BCUT2D eigenvalue weighted by Crippen LogP contribution is 2.39. The molecular weight excluding hydrogens is 564 g/mol. The largest absolute Gasteiger partial charge is 0.508 e. The van der Waals surface area contributed by atoms with Crippen molar-refractivity contribution in [3.05, 3.63) is 132 Å². The van der Waals surface area contributed by atoms with Gasteiger partial charge in [-0.3, -0.25) is 0 Å². The summed E-state index contributed by atoms with van der Waals surface area (Å²) in [4.78, 5) is 38.6. The first-order valence-electron chi connectivity index (χ1n) is 13.3. The van der Waals surface area contributed by atoms with Crippen molar-refractivity contribution >= 4 is 39.5 Å². The van der Waals surface area contributed by atoms with Gasteiger partial charge in [-0.2, -0.15) is 0 Å². The van der Waals surface area contributed by atoms with E-state index in [0.717, 1.165) is 0 Å². The maximum Gasteiger partial charge on any atom is 0.343 e. The molecule has 0 aliphatic heterocycles. The monoisotopic (exact) mass is 586 g/mol. The van der Waals surface area contributed by atoms with E-state index in [1.54, 1.807) is 36.4 Å². The van der Waals surface area contributed by atoms with Gasteiger partial charge < -0.3 is 29.5 Å². The maximum atomic E-state index is 13.2. The molecule has 9 heteroatoms. The van der Waals surface area contributed by atoms with Gasteiger partial charge in [0.2, 0.25) is 0 Å². The third-order valence-electron chi connectivity index (χ3n) is 6.77. The first-order chi connectivity index (χ1) is 21.2. The number of esters is 3. The number of aromatic hydroxyl groups is 3. The second kappa shape index (κ2) is 11.5. The molecule has 0 aliphatic rings. The molecule has 0 amide bonds. The van der Waals surface area contributed by atoms with Crippen LogP contribution in [-0.4, -0.2) is 33.2 Å². The summed E-state index contributed by atoms with van der Waals surface area (Å²) in [6.07, 6.45) is 0. The molecule has 6 aromatic carbocycles. The van der Waals surface area contributed by atoms with Gasteiger partial charge in [0.25, 0.3) is 0 Å². The van der Waals surface area contributed by atoms with E-state index in [9.17, 15) is 29.7 Å². The molecule has 9 nitrogen and oxygen atoms in total. The number of phenols is 3. The molecule has 6 rings (SSSR count). The first kappa shape index (κ1) is 27.8. The third-order valence-corrected chi connectivity index (χ3v) is 6.77. The SMILES string of the molecule is O=C(Oc1ccc2c(OC(=O)c3ccc(O)cc3)c3cc(OC(=O)c4ccc(O)cc4)ccc3cc2c1)c1ccc(O)cc1. The Morgan fingerprint density at radius 1 is 0.409 bits per heavy atom. The molecule has 0 saturated heterocycles. The fourth-order valence-electron chi connectivity index (χ4n) is 4.55. The Balaban J connectivity index is 1.39. The number of carbonyl (C=O) groups is 3. The molecule has 0 saturated carbocycles. The Labute approximate surface area is 249 Å². The normalized spacial score (nSPS) is 10.8. The molecule has 216 valence electrons. The van der Waals surface area contributed by atoms with Gasteiger partial charge in [0.05, 0.1) is 16.7 Å². The lowest BCUT2D eigenvalue weighted by Gasteiger charge is -2.14. The van der Waals surface area contributed by atoms with Gasteiger partial charge in [0.1, 0.15) is 34.5 Å². The zero-order valence-corrected chi connectivity index (χ0v) is 22.8. The van der Waals surface area contributed by atoms with Crippen LogP contribution in [0.25, 0.3) is 21.5 Å². The van der Waals surface area contributed by atoms with Crippen LogP contribution in [0.5, 0.6) is 34.5 Å². The molecule has 0 atom stereocenters. The average molecular weight is 587 g/mol. The van der Waals surface area contributed by atoms with Gasteiger partial charge in [0.15, 0.2) is 0 Å². The van der Waals surface area contributed by atoms with E-state index >= 15 is 0 Å². The Hall–Kier alpha value is -6.35. The van der Waals surface area contributed by atoms with E-state index in [1.807, 2.05) is 6.07 Å². The number of rotatable bonds is 6. The zero-order chi connectivity index (χ0) is 30.8. The summed E-state index contributed by atoms with van der Waals surface area (Å²) < 4.78 is 17.0. The summed E-state index contributed by atoms with van der Waals surface area (Å²) >= 11 is 0. The van der Waals surface area contributed by atoms with Crippen molar-refractivity contribution in [2.24, 2.45) is 0 Å². The molecule has 44 heavy (non-hydrogen) atoms. The van der Waals surface area contributed by atoms with E-state index in [0.29, 0.717) is 21.5 Å². The number of fused-ring (bicyclic) bond motifs is 2. The van der Waals surface area contributed by atoms with Crippen molar-refractivity contribution in [2.45, 2.75) is 0 Å². The lowest BCUT2D eigenvalue weighted by molar-refractivity contribution is 0.0724. The second-order valence-corrected chi connectivity index (χ2v) is 9.78. The Morgan fingerprint density at radius 2 is 0.841 bits per heavy atom. The highest BCUT2D eigenvalue weighted by atomic mass is 16.5. The van der Waals surface area contributed by atoms with Crippen molar-refractivity contribution in [1.82, 2.24) is 0 Å². The molecule has 6 aromatic rings. The third kappa shape index (κ3) is 5.83. The highest BCUT2D eigenvalue weighted by Gasteiger charge is 2.18. The van der Waals surface area contributed by atoms with Gasteiger partial charge in [-0.25, -0.2) is 14.4 Å². The number of carbonyl (C=O) groups excluding carboxylic acids is 3. The Kier molecular flexibility index (Phi) is 7.26. The lowest BCUT2D eigenvalue weighted by Crippen LogP contribution is -2.10. The average Bonchev–Trinajstić information content (AvgIpc) is 3.02. The molecule has 0 bridgehead atoms. The van der Waals surface area contributed by atoms with Gasteiger partial charge >= 0.3 is 17.9 Å². The fourth-order valence-corrected chi connectivity index (χ4v) is 4.55. The summed E-state index contributed by atoms with van der Waals surface area (Å²) in [5.41, 5.74) is 0.677. The van der Waals surface area contributed by atoms with Gasteiger partial charge in [0, 0.05) is 10.8 Å². The quantitative estimate of drug-likeness (QED) is 0.110. The van der Waals surface area contributed by atoms with Crippen LogP contribution in [0.2, 0.25) is 0 Å². The van der Waals surface area contributed by atoms with E-state index in [-0.39, 0.29) is 51.2 Å². The summed E-state index contributed by atoms with van der Waals surface area (Å²) in [5.74, 6) is -1.32. The van der Waals surface area contributed by atoms with Crippen molar-refractivity contribution in [2.75, 3.05) is 0 Å². The number of hydrogen-bond donors (Lipinski definition) is 3. The van der Waals surface area contributed by atoms with Crippen LogP contribution in [0.1, 0.15) is 31.1 Å². The van der Waals surface area contributed by atoms with Gasteiger partial charge in [-0.1, -0.05) is 6.07 Å². The minimum atomic E-state index is -0.687. The molecule has 3 N–H and O–H groups in total. The predicted octanol–water partition coefficient (Wildman–Crippen LogP) is 6.77. The van der Waals surface area contributed by atoms with E-state index in [2.05, 4.69) is 0 Å². The number of phenolic OH excluding ortho intramolecular Hbond substituents is 3. The molecule has 0 radical (unpaired) electrons. The highest BCUT2D eigenvalue weighted by molar-refractivity contribution is 6.08. The lowest BCUT2D eigenvalue weighted by atomic mass is 10.0. The van der Waals surface area contributed by atoms with Gasteiger partial charge in [-0.05, 0) is 120 Å². The van der Waals surface area contributed by atoms with Crippen molar-refractivity contribution in [3.63, 3.8) is 0 Å². The zero-order valence-electron chi connectivity index (χ0n) is 22.8. The second-order valence-electron chi connectivity index (χ2n) is 9.78. The van der Waals surface area contributed by atoms with Crippen molar-refractivity contribution in [3.8, 4) is 34.5 Å². The van der Waals surface area contributed by atoms with Crippen molar-refractivity contribution < 1.29 is 43.9 Å². The molecule has 0 aliphatic carbocycles. The molecule has 0 aromatic heterocycles. The topological polar surface area (TPSA) is 140 Å². The summed E-state index contributed by atoms with van der Waals surface area (Å²) in [5, 5.41) is 30.8. The van der Waals surface area contributed by atoms with Crippen LogP contribution in [0.15, 0.2) is 115 Å². The number of hydrogen-bond acceptors (Lipinski definition) is 9. The Bertz CT molecular complexity index is 2050. The van der Waals surface area contributed by atoms with Crippen LogP contribution < -0.4 is 14.2 Å². The summed E-state index contributed by atoms with van der Waals surface area (Å²) in [6.45, 7) is 0. The van der Waals surface area contributed by atoms with Crippen LogP contribution in [0, 0.1) is 0 Å². The molecule has 0 unspecified atom stereocenters. The van der Waals surface area contributed by atoms with Crippen LogP contribution in [-0.2, 0) is 0 Å². The molecule has 0 spiro atoms. The van der Waals surface area contributed by atoms with Crippen LogP contribution in [0.4, 0.5) is 0 Å². The van der Waals surface area contributed by atoms with E-state index < -0.39 is 17.9 Å². The smallest absolute Gasteiger partial charge is 0.343 e. The van der Waals surface area contributed by atoms with Crippen molar-refractivity contribution in [1.29, 1.82) is 0 Å². The minimum absolute atomic E-state index is 0.00775.